The fourth-order valence-electron chi connectivity index (χ4n) is 3.25. The SMILES string of the molecule is CCCCOC(=O)c1c(N)n(-c2ccc(C(=O)[O-])cc2)c2nc3ccccc3nc12. The molecule has 8 nitrogen and oxygen atoms in total. The van der Waals surface area contributed by atoms with Gasteiger partial charge < -0.3 is 20.4 Å². The Kier molecular flexibility index (Phi) is 5.05. The van der Waals surface area contributed by atoms with Crippen molar-refractivity contribution in [3.8, 4) is 5.69 Å². The summed E-state index contributed by atoms with van der Waals surface area (Å²) in [6, 6.07) is 13.3. The quantitative estimate of drug-likeness (QED) is 0.387. The predicted octanol–water partition coefficient (Wildman–Crippen LogP) is 2.48. The number of anilines is 1. The number of rotatable bonds is 6. The number of carbonyl (C=O) groups is 2. The predicted molar refractivity (Wildman–Crippen MR) is 110 cm³/mol. The van der Waals surface area contributed by atoms with E-state index in [-0.39, 0.29) is 23.6 Å². The van der Waals surface area contributed by atoms with Gasteiger partial charge in [0.25, 0.3) is 0 Å². The van der Waals surface area contributed by atoms with Crippen LogP contribution in [0.25, 0.3) is 27.9 Å². The van der Waals surface area contributed by atoms with Crippen molar-refractivity contribution < 1.29 is 19.4 Å². The maximum atomic E-state index is 12.8. The summed E-state index contributed by atoms with van der Waals surface area (Å²) in [5, 5.41) is 11.1. The Morgan fingerprint density at radius 3 is 2.37 bits per heavy atom. The van der Waals surface area contributed by atoms with Crippen LogP contribution in [0.1, 0.15) is 40.5 Å². The minimum absolute atomic E-state index is 0.0320. The maximum Gasteiger partial charge on any atom is 0.344 e. The van der Waals surface area contributed by atoms with Crippen molar-refractivity contribution in [3.05, 3.63) is 59.7 Å². The lowest BCUT2D eigenvalue weighted by Crippen LogP contribution is -2.22. The lowest BCUT2D eigenvalue weighted by Gasteiger charge is -2.09. The first-order valence-corrected chi connectivity index (χ1v) is 9.56. The Bertz CT molecular complexity index is 1260. The zero-order valence-electron chi connectivity index (χ0n) is 16.3. The maximum absolute atomic E-state index is 12.8. The van der Waals surface area contributed by atoms with Crippen LogP contribution in [0.2, 0.25) is 0 Å². The molecule has 2 aromatic heterocycles. The zero-order valence-corrected chi connectivity index (χ0v) is 16.3. The number of esters is 1. The van der Waals surface area contributed by atoms with Crippen molar-refractivity contribution >= 4 is 40.0 Å². The molecular formula is C22H19N4O4-. The molecule has 0 unspecified atom stereocenters. The molecule has 0 radical (unpaired) electrons. The van der Waals surface area contributed by atoms with Crippen molar-refractivity contribution in [2.45, 2.75) is 19.8 Å². The third kappa shape index (κ3) is 3.32. The minimum atomic E-state index is -1.28. The summed E-state index contributed by atoms with van der Waals surface area (Å²) in [6.07, 6.45) is 1.63. The summed E-state index contributed by atoms with van der Waals surface area (Å²) in [7, 11) is 0. The fraction of sp³-hybridized carbons (Fsp3) is 0.182. The number of hydrogen-bond donors (Lipinski definition) is 1. The molecule has 0 atom stereocenters. The number of carbonyl (C=O) groups excluding carboxylic acids is 2. The van der Waals surface area contributed by atoms with Crippen LogP contribution >= 0.6 is 0 Å². The Morgan fingerprint density at radius 1 is 1.07 bits per heavy atom. The summed E-state index contributed by atoms with van der Waals surface area (Å²) in [5.41, 5.74) is 9.06. The highest BCUT2D eigenvalue weighted by Crippen LogP contribution is 2.31. The number of ether oxygens (including phenoxy) is 1. The van der Waals surface area contributed by atoms with E-state index in [4.69, 9.17) is 10.5 Å². The number of hydrogen-bond acceptors (Lipinski definition) is 7. The monoisotopic (exact) mass is 403 g/mol. The molecule has 8 heteroatoms. The van der Waals surface area contributed by atoms with Crippen LogP contribution in [0.4, 0.5) is 5.82 Å². The van der Waals surface area contributed by atoms with Gasteiger partial charge in [-0.25, -0.2) is 14.8 Å². The highest BCUT2D eigenvalue weighted by molar-refractivity contribution is 6.09. The van der Waals surface area contributed by atoms with Gasteiger partial charge >= 0.3 is 5.97 Å². The number of aromatic carboxylic acids is 1. The molecule has 0 spiro atoms. The number of benzene rings is 2. The molecule has 0 aliphatic heterocycles. The van der Waals surface area contributed by atoms with E-state index in [9.17, 15) is 14.7 Å². The van der Waals surface area contributed by atoms with Crippen molar-refractivity contribution in [3.63, 3.8) is 0 Å². The molecule has 0 fully saturated rings. The average molecular weight is 403 g/mol. The topological polar surface area (TPSA) is 123 Å². The number of unbranched alkanes of at least 4 members (excludes halogenated alkanes) is 1. The molecule has 0 saturated heterocycles. The average Bonchev–Trinajstić information content (AvgIpc) is 3.03. The van der Waals surface area contributed by atoms with Gasteiger partial charge in [0.15, 0.2) is 5.65 Å². The second kappa shape index (κ2) is 7.82. The lowest BCUT2D eigenvalue weighted by molar-refractivity contribution is -0.255. The van der Waals surface area contributed by atoms with E-state index < -0.39 is 11.9 Å². The molecule has 4 rings (SSSR count). The van der Waals surface area contributed by atoms with Crippen LogP contribution in [-0.4, -0.2) is 33.1 Å². The van der Waals surface area contributed by atoms with Crippen molar-refractivity contribution in [1.82, 2.24) is 14.5 Å². The van der Waals surface area contributed by atoms with Gasteiger partial charge in [0, 0.05) is 5.69 Å². The molecule has 2 heterocycles. The van der Waals surface area contributed by atoms with E-state index in [2.05, 4.69) is 9.97 Å². The van der Waals surface area contributed by atoms with E-state index in [1.54, 1.807) is 22.8 Å². The van der Waals surface area contributed by atoms with Crippen molar-refractivity contribution in [2.75, 3.05) is 12.3 Å². The second-order valence-corrected chi connectivity index (χ2v) is 6.80. The first kappa shape index (κ1) is 19.4. The van der Waals surface area contributed by atoms with Crippen LogP contribution in [-0.2, 0) is 4.74 Å². The largest absolute Gasteiger partial charge is 0.545 e. The standard InChI is InChI=1S/C22H20N4O4/c1-2-3-12-30-22(29)17-18-20(25-16-7-5-4-6-15(16)24-18)26(19(17)23)14-10-8-13(9-11-14)21(27)28/h4-11H,2-3,12,23H2,1H3,(H,27,28)/p-1. The summed E-state index contributed by atoms with van der Waals surface area (Å²) in [6.45, 7) is 2.28. The van der Waals surface area contributed by atoms with E-state index in [1.165, 1.54) is 12.1 Å². The molecule has 152 valence electrons. The number of para-hydroxylation sites is 2. The molecule has 4 aromatic rings. The van der Waals surface area contributed by atoms with E-state index in [0.717, 1.165) is 12.8 Å². The normalized spacial score (nSPS) is 11.1. The number of carboxylic acid groups (broad SMARTS) is 1. The third-order valence-electron chi connectivity index (χ3n) is 4.79. The second-order valence-electron chi connectivity index (χ2n) is 6.80. The Balaban J connectivity index is 1.94. The molecule has 2 aromatic carbocycles. The summed E-state index contributed by atoms with van der Waals surface area (Å²) in [5.74, 6) is -1.72. The van der Waals surface area contributed by atoms with Gasteiger partial charge in [-0.2, -0.15) is 0 Å². The van der Waals surface area contributed by atoms with Gasteiger partial charge in [-0.05, 0) is 36.2 Å². The number of nitrogen functional groups attached to an aromatic ring is 1. The van der Waals surface area contributed by atoms with Gasteiger partial charge in [-0.1, -0.05) is 37.6 Å². The fourth-order valence-corrected chi connectivity index (χ4v) is 3.25. The van der Waals surface area contributed by atoms with Gasteiger partial charge in [-0.3, -0.25) is 4.57 Å². The first-order chi connectivity index (χ1) is 14.5. The van der Waals surface area contributed by atoms with Crippen LogP contribution in [0.5, 0.6) is 0 Å². The van der Waals surface area contributed by atoms with Gasteiger partial charge in [0.1, 0.15) is 16.9 Å². The van der Waals surface area contributed by atoms with E-state index in [0.29, 0.717) is 27.9 Å². The molecule has 0 aliphatic carbocycles. The van der Waals surface area contributed by atoms with Gasteiger partial charge in [-0.15, -0.1) is 0 Å². The number of aromatic nitrogens is 3. The molecule has 0 saturated carbocycles. The van der Waals surface area contributed by atoms with Crippen LogP contribution in [0.15, 0.2) is 48.5 Å². The number of nitrogens with zero attached hydrogens (tertiary/aromatic N) is 3. The molecule has 0 amide bonds. The minimum Gasteiger partial charge on any atom is -0.545 e. The molecule has 30 heavy (non-hydrogen) atoms. The Morgan fingerprint density at radius 2 is 1.73 bits per heavy atom. The smallest absolute Gasteiger partial charge is 0.344 e. The zero-order chi connectivity index (χ0) is 21.3. The van der Waals surface area contributed by atoms with Crippen molar-refractivity contribution in [1.29, 1.82) is 0 Å². The lowest BCUT2D eigenvalue weighted by atomic mass is 10.2. The summed E-state index contributed by atoms with van der Waals surface area (Å²) < 4.78 is 6.96. The van der Waals surface area contributed by atoms with E-state index in [1.807, 2.05) is 25.1 Å². The number of nitrogens with two attached hydrogens (primary N) is 1. The first-order valence-electron chi connectivity index (χ1n) is 9.56. The molecular weight excluding hydrogens is 384 g/mol. The summed E-state index contributed by atoms with van der Waals surface area (Å²) in [4.78, 5) is 33.1. The van der Waals surface area contributed by atoms with Crippen molar-refractivity contribution in [2.24, 2.45) is 0 Å². The van der Waals surface area contributed by atoms with Gasteiger partial charge in [0.05, 0.1) is 23.6 Å². The molecule has 0 aliphatic rings. The molecule has 0 bridgehead atoms. The highest BCUT2D eigenvalue weighted by atomic mass is 16.5. The van der Waals surface area contributed by atoms with Crippen LogP contribution in [0, 0.1) is 0 Å². The van der Waals surface area contributed by atoms with E-state index >= 15 is 0 Å². The highest BCUT2D eigenvalue weighted by Gasteiger charge is 2.25. The van der Waals surface area contributed by atoms with Crippen LogP contribution < -0.4 is 10.8 Å². The van der Waals surface area contributed by atoms with Gasteiger partial charge in [0.2, 0.25) is 0 Å². The number of fused-ring (bicyclic) bond motifs is 2. The Labute approximate surface area is 171 Å². The van der Waals surface area contributed by atoms with Crippen LogP contribution in [0.3, 0.4) is 0 Å². The third-order valence-corrected chi connectivity index (χ3v) is 4.79. The number of carboxylic acids is 1. The summed E-state index contributed by atoms with van der Waals surface area (Å²) >= 11 is 0. The molecule has 2 N–H and O–H groups in total. The Hall–Kier alpha value is -3.94.